The number of rotatable bonds is 8. The van der Waals surface area contributed by atoms with Crippen LogP contribution < -0.4 is 9.88 Å². The zero-order valence-electron chi connectivity index (χ0n) is 21.1. The summed E-state index contributed by atoms with van der Waals surface area (Å²) < 4.78 is 47.0. The molecule has 1 saturated heterocycles. The molecule has 0 bridgehead atoms. The lowest BCUT2D eigenvalue weighted by molar-refractivity contribution is -0.0951. The van der Waals surface area contributed by atoms with Crippen molar-refractivity contribution < 1.29 is 32.3 Å². The first-order valence-corrected chi connectivity index (χ1v) is 14.5. The summed E-state index contributed by atoms with van der Waals surface area (Å²) in [6, 6.07) is 17.4. The molecular formula is C27H27N3O7S2. The number of oxazole rings is 1. The molecule has 1 fully saturated rings. The SMILES string of the molecule is COC1(c2ccsc2OC(Cc2nc(-c3ccccc3)c(-c3ccc(S(N)(=O)=O)cc3)o2)=NO)CCOCC1. The van der Waals surface area contributed by atoms with E-state index in [4.69, 9.17) is 23.8 Å². The van der Waals surface area contributed by atoms with Crippen molar-refractivity contribution in [3.63, 3.8) is 0 Å². The van der Waals surface area contributed by atoms with Gasteiger partial charge in [-0.05, 0) is 35.7 Å². The minimum Gasteiger partial charge on any atom is -0.439 e. The molecule has 3 N–H and O–H groups in total. The van der Waals surface area contributed by atoms with Gasteiger partial charge in [0.05, 0.1) is 4.90 Å². The molecule has 0 amide bonds. The van der Waals surface area contributed by atoms with Crippen LogP contribution in [0.3, 0.4) is 0 Å². The van der Waals surface area contributed by atoms with E-state index in [1.807, 2.05) is 41.8 Å². The smallest absolute Gasteiger partial charge is 0.241 e. The second kappa shape index (κ2) is 11.3. The first-order chi connectivity index (χ1) is 18.8. The second-order valence-corrected chi connectivity index (χ2v) is 11.4. The molecule has 12 heteroatoms. The molecule has 0 radical (unpaired) electrons. The Morgan fingerprint density at radius 3 is 2.46 bits per heavy atom. The Bertz CT molecular complexity index is 1560. The Hall–Kier alpha value is -3.55. The van der Waals surface area contributed by atoms with Gasteiger partial charge >= 0.3 is 0 Å². The summed E-state index contributed by atoms with van der Waals surface area (Å²) in [5.74, 6) is 0.665. The zero-order valence-corrected chi connectivity index (χ0v) is 22.7. The highest BCUT2D eigenvalue weighted by Gasteiger charge is 2.38. The minimum atomic E-state index is -3.84. The van der Waals surface area contributed by atoms with Gasteiger partial charge in [-0.3, -0.25) is 0 Å². The van der Waals surface area contributed by atoms with Gasteiger partial charge in [-0.25, -0.2) is 18.5 Å². The van der Waals surface area contributed by atoms with Gasteiger partial charge in [-0.15, -0.1) is 11.3 Å². The highest BCUT2D eigenvalue weighted by molar-refractivity contribution is 7.89. The number of benzene rings is 2. The molecule has 1 aliphatic heterocycles. The van der Waals surface area contributed by atoms with Gasteiger partial charge in [0.15, 0.2) is 10.8 Å². The predicted molar refractivity (Wildman–Crippen MR) is 145 cm³/mol. The van der Waals surface area contributed by atoms with E-state index >= 15 is 0 Å². The van der Waals surface area contributed by atoms with Crippen molar-refractivity contribution in [3.8, 4) is 27.6 Å². The van der Waals surface area contributed by atoms with Crippen LogP contribution in [0.25, 0.3) is 22.6 Å². The lowest BCUT2D eigenvalue weighted by Crippen LogP contribution is -2.35. The molecule has 0 saturated carbocycles. The van der Waals surface area contributed by atoms with E-state index in [0.29, 0.717) is 48.1 Å². The molecule has 10 nitrogen and oxygen atoms in total. The van der Waals surface area contributed by atoms with Crippen molar-refractivity contribution in [1.29, 1.82) is 0 Å². The summed E-state index contributed by atoms with van der Waals surface area (Å²) in [7, 11) is -2.17. The number of aromatic nitrogens is 1. The maximum atomic E-state index is 11.7. The lowest BCUT2D eigenvalue weighted by Gasteiger charge is -2.36. The van der Waals surface area contributed by atoms with Crippen LogP contribution in [0.1, 0.15) is 24.3 Å². The molecule has 0 atom stereocenters. The topological polar surface area (TPSA) is 146 Å². The molecule has 0 spiro atoms. The number of ether oxygens (including phenoxy) is 3. The third kappa shape index (κ3) is 5.75. The first kappa shape index (κ1) is 27.0. The van der Waals surface area contributed by atoms with Crippen molar-refractivity contribution in [1.82, 2.24) is 4.98 Å². The van der Waals surface area contributed by atoms with Crippen molar-refractivity contribution in [2.24, 2.45) is 10.3 Å². The summed E-state index contributed by atoms with van der Waals surface area (Å²) in [5, 5.41) is 20.9. The van der Waals surface area contributed by atoms with Gasteiger partial charge in [0, 0.05) is 49.9 Å². The van der Waals surface area contributed by atoms with Crippen LogP contribution in [0.15, 0.2) is 80.5 Å². The highest BCUT2D eigenvalue weighted by atomic mass is 32.2. The standard InChI is InChI=1S/C27H27N3O7S2/c1-34-27(12-14-35-15-13-27)21-11-16-38-26(21)37-23(30-31)17-22-29-24(18-5-3-2-4-6-18)25(36-22)19-7-9-20(10-8-19)39(28,32)33/h2-11,16,31H,12-15,17H2,1H3,(H2,28,32,33). The molecule has 2 aromatic heterocycles. The number of primary sulfonamides is 1. The predicted octanol–water partition coefficient (Wildman–Crippen LogP) is 4.78. The Labute approximate surface area is 229 Å². The molecule has 2 aromatic carbocycles. The molecule has 204 valence electrons. The van der Waals surface area contributed by atoms with Crippen LogP contribution in [0.2, 0.25) is 0 Å². The summed E-state index contributed by atoms with van der Waals surface area (Å²) in [6.45, 7) is 1.15. The number of hydrogen-bond acceptors (Lipinski definition) is 10. The summed E-state index contributed by atoms with van der Waals surface area (Å²) in [5.41, 5.74) is 2.26. The van der Waals surface area contributed by atoms with Gasteiger partial charge < -0.3 is 23.8 Å². The Kier molecular flexibility index (Phi) is 7.82. The van der Waals surface area contributed by atoms with Gasteiger partial charge in [0.2, 0.25) is 21.8 Å². The second-order valence-electron chi connectivity index (χ2n) is 8.93. The van der Waals surface area contributed by atoms with Crippen molar-refractivity contribution >= 4 is 27.3 Å². The number of nitrogens with zero attached hydrogens (tertiary/aromatic N) is 2. The minimum absolute atomic E-state index is 0.00556. The van der Waals surface area contributed by atoms with Gasteiger partial charge in [0.1, 0.15) is 17.7 Å². The fraction of sp³-hybridized carbons (Fsp3) is 0.259. The molecular weight excluding hydrogens is 542 g/mol. The Morgan fingerprint density at radius 2 is 1.82 bits per heavy atom. The largest absolute Gasteiger partial charge is 0.439 e. The molecule has 4 aromatic rings. The third-order valence-electron chi connectivity index (χ3n) is 6.60. The summed E-state index contributed by atoms with van der Waals surface area (Å²) in [4.78, 5) is 4.65. The van der Waals surface area contributed by atoms with E-state index in [1.165, 1.54) is 23.5 Å². The van der Waals surface area contributed by atoms with E-state index in [0.717, 1.165) is 11.1 Å². The van der Waals surface area contributed by atoms with E-state index < -0.39 is 15.6 Å². The number of hydrogen-bond donors (Lipinski definition) is 2. The maximum Gasteiger partial charge on any atom is 0.241 e. The first-order valence-electron chi connectivity index (χ1n) is 12.1. The number of oxime groups is 1. The fourth-order valence-electron chi connectivity index (χ4n) is 4.55. The third-order valence-corrected chi connectivity index (χ3v) is 8.32. The molecule has 39 heavy (non-hydrogen) atoms. The summed E-state index contributed by atoms with van der Waals surface area (Å²) >= 11 is 1.37. The van der Waals surface area contributed by atoms with Crippen molar-refractivity contribution in [2.45, 2.75) is 29.8 Å². The quantitative estimate of drug-likeness (QED) is 0.133. The number of nitrogens with two attached hydrogens (primary N) is 1. The monoisotopic (exact) mass is 569 g/mol. The van der Waals surface area contributed by atoms with Crippen LogP contribution in [-0.4, -0.2) is 44.8 Å². The van der Waals surface area contributed by atoms with Gasteiger partial charge in [0.25, 0.3) is 0 Å². The molecule has 0 aliphatic carbocycles. The van der Waals surface area contributed by atoms with Crippen LogP contribution in [-0.2, 0) is 31.5 Å². The Morgan fingerprint density at radius 1 is 1.10 bits per heavy atom. The Balaban J connectivity index is 1.45. The van der Waals surface area contributed by atoms with E-state index in [-0.39, 0.29) is 23.1 Å². The normalized spacial score (nSPS) is 15.8. The van der Waals surface area contributed by atoms with Crippen LogP contribution >= 0.6 is 11.3 Å². The van der Waals surface area contributed by atoms with Crippen molar-refractivity contribution in [3.05, 3.63) is 77.5 Å². The average molecular weight is 570 g/mol. The van der Waals surface area contributed by atoms with E-state index in [9.17, 15) is 13.6 Å². The molecule has 3 heterocycles. The average Bonchev–Trinajstić information content (AvgIpc) is 3.61. The number of thiophene rings is 1. The van der Waals surface area contributed by atoms with Gasteiger partial charge in [-0.1, -0.05) is 35.5 Å². The van der Waals surface area contributed by atoms with E-state index in [1.54, 1.807) is 19.2 Å². The molecule has 5 rings (SSSR count). The molecule has 1 aliphatic rings. The summed E-state index contributed by atoms with van der Waals surface area (Å²) in [6.07, 6.45) is 1.32. The fourth-order valence-corrected chi connectivity index (χ4v) is 5.92. The van der Waals surface area contributed by atoms with Crippen LogP contribution in [0.5, 0.6) is 5.06 Å². The van der Waals surface area contributed by atoms with Crippen LogP contribution in [0.4, 0.5) is 0 Å². The van der Waals surface area contributed by atoms with E-state index in [2.05, 4.69) is 10.1 Å². The van der Waals surface area contributed by atoms with Gasteiger partial charge in [-0.2, -0.15) is 0 Å². The number of sulfonamides is 1. The highest BCUT2D eigenvalue weighted by Crippen LogP contribution is 2.43. The van der Waals surface area contributed by atoms with Crippen molar-refractivity contribution in [2.75, 3.05) is 20.3 Å². The molecule has 0 unspecified atom stereocenters. The maximum absolute atomic E-state index is 11.7. The number of methoxy groups -OCH3 is 1. The van der Waals surface area contributed by atoms with Crippen LogP contribution in [0, 0.1) is 0 Å². The zero-order chi connectivity index (χ0) is 27.5. The lowest BCUT2D eigenvalue weighted by atomic mass is 9.87.